The standard InChI is InChI=1S/C17H15FN4O2S2/c1-22(8-14(23)21-12-4-2-11(18)3-5-12)15(24)9-26-17-16-13(6-7-25-16)19-10-20-17/h2-7,10H,8-9H2,1H3,(H,21,23). The van der Waals surface area contributed by atoms with Gasteiger partial charge in [-0.1, -0.05) is 11.8 Å². The molecule has 2 amide bonds. The summed E-state index contributed by atoms with van der Waals surface area (Å²) >= 11 is 2.84. The van der Waals surface area contributed by atoms with Crippen LogP contribution in [0.5, 0.6) is 0 Å². The van der Waals surface area contributed by atoms with Crippen molar-refractivity contribution >= 4 is 50.8 Å². The quantitative estimate of drug-likeness (QED) is 0.517. The fourth-order valence-electron chi connectivity index (χ4n) is 2.15. The molecule has 0 spiro atoms. The normalized spacial score (nSPS) is 10.7. The van der Waals surface area contributed by atoms with E-state index in [2.05, 4.69) is 15.3 Å². The highest BCUT2D eigenvalue weighted by molar-refractivity contribution is 8.00. The zero-order valence-corrected chi connectivity index (χ0v) is 15.4. The number of halogens is 1. The average Bonchev–Trinajstić information content (AvgIpc) is 3.10. The van der Waals surface area contributed by atoms with Crippen molar-refractivity contribution in [1.82, 2.24) is 14.9 Å². The van der Waals surface area contributed by atoms with Crippen LogP contribution in [0.1, 0.15) is 0 Å². The van der Waals surface area contributed by atoms with Crippen LogP contribution in [0.2, 0.25) is 0 Å². The second-order valence-corrected chi connectivity index (χ2v) is 7.29. The maximum atomic E-state index is 12.9. The van der Waals surface area contributed by atoms with Crippen LogP contribution in [0.4, 0.5) is 10.1 Å². The van der Waals surface area contributed by atoms with Gasteiger partial charge in [-0.2, -0.15) is 0 Å². The molecule has 0 saturated carbocycles. The van der Waals surface area contributed by atoms with Crippen LogP contribution in [0, 0.1) is 5.82 Å². The number of rotatable bonds is 6. The van der Waals surface area contributed by atoms with E-state index in [9.17, 15) is 14.0 Å². The summed E-state index contributed by atoms with van der Waals surface area (Å²) in [5, 5.41) is 5.30. The zero-order valence-electron chi connectivity index (χ0n) is 13.8. The molecule has 1 N–H and O–H groups in total. The van der Waals surface area contributed by atoms with Gasteiger partial charge in [0.15, 0.2) is 0 Å². The average molecular weight is 390 g/mol. The number of likely N-dealkylation sites (N-methyl/N-ethyl adjacent to an activating group) is 1. The molecule has 3 rings (SSSR count). The number of nitrogens with one attached hydrogen (secondary N) is 1. The van der Waals surface area contributed by atoms with Crippen LogP contribution in [0.25, 0.3) is 10.2 Å². The minimum Gasteiger partial charge on any atom is -0.336 e. The van der Waals surface area contributed by atoms with Gasteiger partial charge in [0.2, 0.25) is 11.8 Å². The molecule has 0 unspecified atom stereocenters. The third-order valence-electron chi connectivity index (χ3n) is 3.48. The summed E-state index contributed by atoms with van der Waals surface area (Å²) in [4.78, 5) is 34.0. The van der Waals surface area contributed by atoms with E-state index in [1.54, 1.807) is 7.05 Å². The molecule has 0 radical (unpaired) electrons. The number of benzene rings is 1. The van der Waals surface area contributed by atoms with Gasteiger partial charge in [-0.25, -0.2) is 14.4 Å². The molecule has 9 heteroatoms. The maximum absolute atomic E-state index is 12.9. The molecular weight excluding hydrogens is 375 g/mol. The van der Waals surface area contributed by atoms with Gasteiger partial charge in [0.1, 0.15) is 17.2 Å². The molecule has 0 atom stereocenters. The highest BCUT2D eigenvalue weighted by Crippen LogP contribution is 2.28. The number of hydrogen-bond donors (Lipinski definition) is 1. The Hall–Kier alpha value is -2.52. The first-order valence-corrected chi connectivity index (χ1v) is 9.50. The van der Waals surface area contributed by atoms with Gasteiger partial charge in [0.05, 0.1) is 22.5 Å². The summed E-state index contributed by atoms with van der Waals surface area (Å²) in [6.07, 6.45) is 1.47. The van der Waals surface area contributed by atoms with Crippen LogP contribution < -0.4 is 5.32 Å². The van der Waals surface area contributed by atoms with Crippen molar-refractivity contribution in [1.29, 1.82) is 0 Å². The van der Waals surface area contributed by atoms with Gasteiger partial charge in [-0.05, 0) is 35.7 Å². The smallest absolute Gasteiger partial charge is 0.243 e. The summed E-state index contributed by atoms with van der Waals surface area (Å²) in [6, 6.07) is 7.35. The Morgan fingerprint density at radius 2 is 2.00 bits per heavy atom. The van der Waals surface area contributed by atoms with Crippen molar-refractivity contribution in [2.24, 2.45) is 0 Å². The van der Waals surface area contributed by atoms with Crippen LogP contribution in [0.3, 0.4) is 0 Å². The maximum Gasteiger partial charge on any atom is 0.243 e. The molecule has 6 nitrogen and oxygen atoms in total. The van der Waals surface area contributed by atoms with Crippen molar-refractivity contribution in [3.63, 3.8) is 0 Å². The Bertz CT molecular complexity index is 930. The Morgan fingerprint density at radius 1 is 1.23 bits per heavy atom. The van der Waals surface area contributed by atoms with Gasteiger partial charge in [0, 0.05) is 12.7 Å². The van der Waals surface area contributed by atoms with Crippen LogP contribution in [-0.2, 0) is 9.59 Å². The second kappa shape index (κ2) is 8.24. The first kappa shape index (κ1) is 18.3. The number of thioether (sulfide) groups is 1. The Labute approximate surface area is 157 Å². The van der Waals surface area contributed by atoms with Crippen molar-refractivity contribution in [3.05, 3.63) is 47.9 Å². The molecule has 2 aromatic heterocycles. The fourth-order valence-corrected chi connectivity index (χ4v) is 4.03. The molecule has 134 valence electrons. The molecule has 0 saturated heterocycles. The van der Waals surface area contributed by atoms with Gasteiger partial charge in [-0.15, -0.1) is 11.3 Å². The largest absolute Gasteiger partial charge is 0.336 e. The summed E-state index contributed by atoms with van der Waals surface area (Å²) in [5.41, 5.74) is 1.33. The third-order valence-corrected chi connectivity index (χ3v) is 5.49. The van der Waals surface area contributed by atoms with Gasteiger partial charge < -0.3 is 10.2 Å². The Kier molecular flexibility index (Phi) is 5.79. The monoisotopic (exact) mass is 390 g/mol. The minimum atomic E-state index is -0.378. The van der Waals surface area contributed by atoms with E-state index in [-0.39, 0.29) is 29.9 Å². The second-order valence-electron chi connectivity index (χ2n) is 5.41. The fraction of sp³-hybridized carbons (Fsp3) is 0.176. The predicted molar refractivity (Wildman–Crippen MR) is 101 cm³/mol. The van der Waals surface area contributed by atoms with Crippen LogP contribution in [-0.4, -0.2) is 46.0 Å². The van der Waals surface area contributed by atoms with E-state index in [0.29, 0.717) is 5.69 Å². The summed E-state index contributed by atoms with van der Waals surface area (Å²) in [7, 11) is 1.56. The Balaban J connectivity index is 1.52. The van der Waals surface area contributed by atoms with E-state index in [0.717, 1.165) is 15.2 Å². The number of carbonyl (C=O) groups is 2. The third kappa shape index (κ3) is 4.55. The van der Waals surface area contributed by atoms with E-state index < -0.39 is 0 Å². The number of hydrogen-bond acceptors (Lipinski definition) is 6. The lowest BCUT2D eigenvalue weighted by Gasteiger charge is -2.16. The molecule has 0 bridgehead atoms. The molecule has 0 aliphatic carbocycles. The summed E-state index contributed by atoms with van der Waals surface area (Å²) in [5.74, 6) is -0.741. The number of fused-ring (bicyclic) bond motifs is 1. The predicted octanol–water partition coefficient (Wildman–Crippen LogP) is 3.02. The highest BCUT2D eigenvalue weighted by atomic mass is 32.2. The molecule has 1 aromatic carbocycles. The van der Waals surface area contributed by atoms with Gasteiger partial charge >= 0.3 is 0 Å². The van der Waals surface area contributed by atoms with Crippen LogP contribution >= 0.6 is 23.1 Å². The molecular formula is C17H15FN4O2S2. The van der Waals surface area contributed by atoms with E-state index in [1.807, 2.05) is 11.4 Å². The molecule has 26 heavy (non-hydrogen) atoms. The molecule has 0 aliphatic heterocycles. The number of anilines is 1. The molecule has 0 aliphatic rings. The number of aromatic nitrogens is 2. The van der Waals surface area contributed by atoms with Gasteiger partial charge in [-0.3, -0.25) is 9.59 Å². The van der Waals surface area contributed by atoms with E-state index >= 15 is 0 Å². The van der Waals surface area contributed by atoms with Crippen molar-refractivity contribution in [2.45, 2.75) is 5.03 Å². The number of carbonyl (C=O) groups excluding carboxylic acids is 2. The number of nitrogens with zero attached hydrogens (tertiary/aromatic N) is 3. The summed E-state index contributed by atoms with van der Waals surface area (Å²) in [6.45, 7) is -0.0883. The van der Waals surface area contributed by atoms with Crippen molar-refractivity contribution in [2.75, 3.05) is 24.7 Å². The first-order valence-electron chi connectivity index (χ1n) is 7.63. The van der Waals surface area contributed by atoms with Crippen molar-refractivity contribution in [3.8, 4) is 0 Å². The first-order chi connectivity index (χ1) is 12.5. The lowest BCUT2D eigenvalue weighted by Crippen LogP contribution is -2.35. The molecule has 3 aromatic rings. The van der Waals surface area contributed by atoms with E-state index in [4.69, 9.17) is 0 Å². The molecule has 0 fully saturated rings. The van der Waals surface area contributed by atoms with E-state index in [1.165, 1.54) is 58.6 Å². The number of amides is 2. The zero-order chi connectivity index (χ0) is 18.5. The Morgan fingerprint density at radius 3 is 2.77 bits per heavy atom. The number of thiophene rings is 1. The van der Waals surface area contributed by atoms with Crippen molar-refractivity contribution < 1.29 is 14.0 Å². The van der Waals surface area contributed by atoms with Crippen LogP contribution in [0.15, 0.2) is 47.1 Å². The highest BCUT2D eigenvalue weighted by Gasteiger charge is 2.15. The lowest BCUT2D eigenvalue weighted by molar-refractivity contribution is -0.131. The topological polar surface area (TPSA) is 75.2 Å². The SMILES string of the molecule is CN(CC(=O)Nc1ccc(F)cc1)C(=O)CSc1ncnc2ccsc12. The van der Waals surface area contributed by atoms with Gasteiger partial charge in [0.25, 0.3) is 0 Å². The summed E-state index contributed by atoms with van der Waals surface area (Å²) < 4.78 is 13.8. The lowest BCUT2D eigenvalue weighted by atomic mass is 10.3. The molecule has 2 heterocycles. The minimum absolute atomic E-state index is 0.0883.